The average Bonchev–Trinajstić information content (AvgIpc) is 3.06. The number of anilines is 1. The van der Waals surface area contributed by atoms with Crippen LogP contribution in [0.15, 0.2) is 47.3 Å². The Morgan fingerprint density at radius 3 is 1.93 bits per heavy atom. The smallest absolute Gasteiger partial charge is 0.331 e. The Hall–Kier alpha value is -5.55. The Balaban J connectivity index is 2.32. The van der Waals surface area contributed by atoms with Gasteiger partial charge in [0.15, 0.2) is 5.54 Å². The number of aromatic amines is 1. The number of carbonyl (C=O) groups is 5. The molecule has 0 aliphatic heterocycles. The SMILES string of the molecule is C#CCN(Cc1ccc2nc(C)[nH]c(=O)c2c1)c1ccc(C(=O)N(C(=O)CC[C@H](N)C(=O)O)[C@](C(=O)O)(C(C)(C)C)C(CC(=O)O)(C(C)(C)C)C(C)(C)C)cc1. The monoisotopic (exact) mass is 773 g/mol. The van der Waals surface area contributed by atoms with E-state index < -0.39 is 82.2 Å². The standard InChI is InChI=1S/C42H55N5O9/c1-12-21-46(24-26-13-19-31-29(22-26)34(51)45-25(2)44-31)28-16-14-27(15-17-28)35(52)47(32(48)20-18-30(43)36(53)54)42(37(55)56,40(9,10)11)41(23-33(49)50,38(3,4)5)39(6,7)8/h1,13-17,19,22,30H,18,20-21,23-24,43H2,2-11H3,(H,49,50)(H,53,54)(H,55,56)(H,44,45,51)/t30-,42+/m0/s1. The molecule has 14 nitrogen and oxygen atoms in total. The van der Waals surface area contributed by atoms with Crippen LogP contribution in [0.3, 0.4) is 0 Å². The van der Waals surface area contributed by atoms with Crippen LogP contribution in [0.4, 0.5) is 5.69 Å². The fourth-order valence-corrected chi connectivity index (χ4v) is 8.74. The number of nitrogens with two attached hydrogens (primary N) is 1. The van der Waals surface area contributed by atoms with Gasteiger partial charge in [0.1, 0.15) is 11.9 Å². The number of benzene rings is 2. The number of imide groups is 1. The molecule has 0 saturated heterocycles. The number of fused-ring (bicyclic) bond motifs is 1. The fraction of sp³-hybridized carbons (Fsp3) is 0.500. The third kappa shape index (κ3) is 8.33. The summed E-state index contributed by atoms with van der Waals surface area (Å²) in [6.45, 7) is 16.9. The number of terminal acetylenes is 1. The van der Waals surface area contributed by atoms with Gasteiger partial charge >= 0.3 is 17.9 Å². The van der Waals surface area contributed by atoms with Gasteiger partial charge in [-0.15, -0.1) is 6.42 Å². The highest BCUT2D eigenvalue weighted by molar-refractivity contribution is 6.09. The van der Waals surface area contributed by atoms with Crippen molar-refractivity contribution in [3.63, 3.8) is 0 Å². The molecule has 6 N–H and O–H groups in total. The second-order valence-electron chi connectivity index (χ2n) is 17.4. The molecule has 56 heavy (non-hydrogen) atoms. The van der Waals surface area contributed by atoms with Crippen molar-refractivity contribution in [1.82, 2.24) is 14.9 Å². The summed E-state index contributed by atoms with van der Waals surface area (Å²) in [5, 5.41) is 32.0. The average molecular weight is 774 g/mol. The van der Waals surface area contributed by atoms with Crippen LogP contribution < -0.4 is 16.2 Å². The third-order valence-corrected chi connectivity index (χ3v) is 10.8. The number of H-pyrrole nitrogens is 1. The lowest BCUT2D eigenvalue weighted by Gasteiger charge is -2.67. The molecule has 0 fully saturated rings. The van der Waals surface area contributed by atoms with Crippen LogP contribution in [0.5, 0.6) is 0 Å². The molecule has 3 aromatic rings. The minimum Gasteiger partial charge on any atom is -0.481 e. The van der Waals surface area contributed by atoms with Gasteiger partial charge in [-0.2, -0.15) is 0 Å². The van der Waals surface area contributed by atoms with Gasteiger partial charge in [0.25, 0.3) is 11.5 Å². The van der Waals surface area contributed by atoms with E-state index in [4.69, 9.17) is 12.2 Å². The minimum atomic E-state index is -2.55. The summed E-state index contributed by atoms with van der Waals surface area (Å²) in [5.41, 5.74) is -1.07. The highest BCUT2D eigenvalue weighted by atomic mass is 16.4. The number of carboxylic acid groups (broad SMARTS) is 3. The molecule has 0 aliphatic rings. The molecular formula is C42H55N5O9. The fourth-order valence-electron chi connectivity index (χ4n) is 8.74. The van der Waals surface area contributed by atoms with E-state index in [2.05, 4.69) is 15.9 Å². The molecule has 2 atom stereocenters. The number of aryl methyl sites for hydroxylation is 1. The lowest BCUT2D eigenvalue weighted by Crippen LogP contribution is -2.79. The third-order valence-electron chi connectivity index (χ3n) is 10.8. The van der Waals surface area contributed by atoms with Crippen molar-refractivity contribution in [2.45, 2.75) is 107 Å². The Morgan fingerprint density at radius 1 is 0.893 bits per heavy atom. The lowest BCUT2D eigenvalue weighted by atomic mass is 9.40. The normalized spacial score (nSPS) is 14.0. The zero-order chi connectivity index (χ0) is 42.8. The first-order valence-electron chi connectivity index (χ1n) is 18.3. The van der Waals surface area contributed by atoms with Gasteiger partial charge in [0, 0.05) is 29.6 Å². The van der Waals surface area contributed by atoms with E-state index in [1.807, 2.05) is 11.0 Å². The number of nitrogens with zero attached hydrogens (tertiary/aromatic N) is 3. The van der Waals surface area contributed by atoms with E-state index in [0.717, 1.165) is 5.56 Å². The highest BCUT2D eigenvalue weighted by Gasteiger charge is 2.75. The van der Waals surface area contributed by atoms with Crippen LogP contribution in [0.1, 0.15) is 103 Å². The molecule has 302 valence electrons. The van der Waals surface area contributed by atoms with Crippen molar-refractivity contribution < 1.29 is 39.3 Å². The molecule has 3 rings (SSSR count). The van der Waals surface area contributed by atoms with Crippen molar-refractivity contribution in [3.05, 3.63) is 69.8 Å². The van der Waals surface area contributed by atoms with Crippen LogP contribution in [0.25, 0.3) is 10.9 Å². The zero-order valence-electron chi connectivity index (χ0n) is 33.9. The largest absolute Gasteiger partial charge is 0.481 e. The minimum absolute atomic E-state index is 0.0918. The van der Waals surface area contributed by atoms with E-state index in [1.165, 1.54) is 12.1 Å². The summed E-state index contributed by atoms with van der Waals surface area (Å²) < 4.78 is 0. The molecule has 0 saturated carbocycles. The Labute approximate surface area is 327 Å². The van der Waals surface area contributed by atoms with Crippen molar-refractivity contribution in [2.75, 3.05) is 11.4 Å². The number of rotatable bonds is 14. The molecule has 0 aliphatic carbocycles. The molecule has 0 spiro atoms. The number of nitrogens with one attached hydrogen (secondary N) is 1. The van der Waals surface area contributed by atoms with Crippen molar-refractivity contribution >= 4 is 46.3 Å². The lowest BCUT2D eigenvalue weighted by molar-refractivity contribution is -0.220. The molecule has 1 aromatic heterocycles. The summed E-state index contributed by atoms with van der Waals surface area (Å²) in [6.07, 6.45) is 3.94. The molecule has 14 heteroatoms. The van der Waals surface area contributed by atoms with Gasteiger partial charge in [-0.05, 0) is 71.6 Å². The van der Waals surface area contributed by atoms with Crippen molar-refractivity contribution in [1.29, 1.82) is 0 Å². The van der Waals surface area contributed by atoms with E-state index in [-0.39, 0.29) is 24.2 Å². The van der Waals surface area contributed by atoms with Gasteiger partial charge in [0.05, 0.1) is 23.9 Å². The molecule has 1 heterocycles. The first-order valence-corrected chi connectivity index (χ1v) is 18.3. The first-order chi connectivity index (χ1) is 25.7. The quantitative estimate of drug-likeness (QED) is 0.129. The topological polar surface area (TPSA) is 224 Å². The van der Waals surface area contributed by atoms with Gasteiger partial charge in [-0.3, -0.25) is 28.9 Å². The second kappa shape index (κ2) is 16.3. The van der Waals surface area contributed by atoms with Gasteiger partial charge < -0.3 is 30.9 Å². The van der Waals surface area contributed by atoms with Crippen LogP contribution in [-0.2, 0) is 25.7 Å². The van der Waals surface area contributed by atoms with Gasteiger partial charge in [-0.1, -0.05) is 74.3 Å². The molecule has 2 aromatic carbocycles. The predicted molar refractivity (Wildman–Crippen MR) is 213 cm³/mol. The molecule has 0 unspecified atom stereocenters. The number of carbonyl (C=O) groups excluding carboxylic acids is 2. The van der Waals surface area contributed by atoms with E-state index in [0.29, 0.717) is 27.3 Å². The highest BCUT2D eigenvalue weighted by Crippen LogP contribution is 2.66. The number of aromatic nitrogens is 2. The Kier molecular flexibility index (Phi) is 13.0. The Morgan fingerprint density at radius 2 is 1.46 bits per heavy atom. The number of hydrogen-bond acceptors (Lipinski definition) is 9. The van der Waals surface area contributed by atoms with Crippen LogP contribution in [0, 0.1) is 40.9 Å². The molecular weight excluding hydrogens is 718 g/mol. The van der Waals surface area contributed by atoms with Crippen LogP contribution >= 0.6 is 0 Å². The van der Waals surface area contributed by atoms with E-state index in [1.54, 1.807) is 93.5 Å². The summed E-state index contributed by atoms with van der Waals surface area (Å²) in [6, 6.07) is 9.79. The number of carboxylic acids is 3. The van der Waals surface area contributed by atoms with Gasteiger partial charge in [-0.25, -0.2) is 9.78 Å². The summed E-state index contributed by atoms with van der Waals surface area (Å²) in [4.78, 5) is 90.8. The summed E-state index contributed by atoms with van der Waals surface area (Å²) in [5.74, 6) is -3.28. The maximum Gasteiger partial charge on any atom is 0.331 e. The summed E-state index contributed by atoms with van der Waals surface area (Å²) in [7, 11) is 0. The van der Waals surface area contributed by atoms with Crippen molar-refractivity contribution in [2.24, 2.45) is 27.4 Å². The van der Waals surface area contributed by atoms with Crippen LogP contribution in [-0.4, -0.2) is 78.0 Å². The Bertz CT molecular complexity index is 2080. The second-order valence-corrected chi connectivity index (χ2v) is 17.4. The van der Waals surface area contributed by atoms with E-state index in [9.17, 15) is 39.3 Å². The molecule has 2 amide bonds. The van der Waals surface area contributed by atoms with Crippen LogP contribution in [0.2, 0.25) is 0 Å². The van der Waals surface area contributed by atoms with Crippen molar-refractivity contribution in [3.8, 4) is 12.3 Å². The molecule has 0 radical (unpaired) electrons. The predicted octanol–water partition coefficient (Wildman–Crippen LogP) is 5.46. The van der Waals surface area contributed by atoms with E-state index >= 15 is 4.79 Å². The molecule has 0 bridgehead atoms. The maximum absolute atomic E-state index is 15.1. The number of amides is 2. The maximum atomic E-state index is 15.1. The number of hydrogen-bond donors (Lipinski definition) is 5. The van der Waals surface area contributed by atoms with Gasteiger partial charge in [0.2, 0.25) is 5.91 Å². The zero-order valence-corrected chi connectivity index (χ0v) is 33.9. The summed E-state index contributed by atoms with van der Waals surface area (Å²) >= 11 is 0. The number of aliphatic carboxylic acids is 3. The first kappa shape index (κ1) is 44.8.